The van der Waals surface area contributed by atoms with Crippen molar-refractivity contribution >= 4 is 50.7 Å². The molecular weight excluding hydrogens is 669 g/mol. The number of rotatable bonds is 15. The molecule has 0 unspecified atom stereocenters. The number of amides is 2. The number of anilines is 1. The van der Waals surface area contributed by atoms with Crippen molar-refractivity contribution in [3.05, 3.63) is 124 Å². The maximum atomic E-state index is 14.6. The number of hydrogen-bond acceptors (Lipinski definition) is 5. The predicted octanol–water partition coefficient (Wildman–Crippen LogP) is 7.45. The monoisotopic (exact) mass is 709 g/mol. The van der Waals surface area contributed by atoms with Crippen molar-refractivity contribution in [1.82, 2.24) is 10.2 Å². The smallest absolute Gasteiger partial charge is 0.264 e. The maximum Gasteiger partial charge on any atom is 0.264 e. The summed E-state index contributed by atoms with van der Waals surface area (Å²) in [7, 11) is -4.26. The first-order valence-electron chi connectivity index (χ1n) is 15.8. The molecule has 0 radical (unpaired) electrons. The fraction of sp³-hybridized carbons (Fsp3) is 0.297. The van der Waals surface area contributed by atoms with E-state index < -0.39 is 28.5 Å². The first-order chi connectivity index (χ1) is 22.9. The molecule has 0 aliphatic carbocycles. The second-order valence-electron chi connectivity index (χ2n) is 11.5. The van der Waals surface area contributed by atoms with E-state index in [0.717, 1.165) is 15.4 Å². The maximum absolute atomic E-state index is 14.6. The number of nitrogens with zero attached hydrogens (tertiary/aromatic N) is 2. The Balaban J connectivity index is 1.82. The summed E-state index contributed by atoms with van der Waals surface area (Å²) >= 11 is 12.8. The first-order valence-corrected chi connectivity index (χ1v) is 18.0. The van der Waals surface area contributed by atoms with E-state index in [0.29, 0.717) is 40.1 Å². The summed E-state index contributed by atoms with van der Waals surface area (Å²) in [6, 6.07) is 26.1. The van der Waals surface area contributed by atoms with Crippen LogP contribution in [0.15, 0.2) is 102 Å². The average molecular weight is 711 g/mol. The van der Waals surface area contributed by atoms with Crippen LogP contribution in [0, 0.1) is 6.92 Å². The number of carbonyl (C=O) groups excluding carboxylic acids is 2. The summed E-state index contributed by atoms with van der Waals surface area (Å²) in [4.78, 5) is 30.0. The summed E-state index contributed by atoms with van der Waals surface area (Å²) in [5.41, 5.74) is 2.61. The Hall–Kier alpha value is -4.05. The van der Waals surface area contributed by atoms with Crippen molar-refractivity contribution in [2.24, 2.45) is 0 Å². The van der Waals surface area contributed by atoms with Crippen LogP contribution in [0.5, 0.6) is 5.75 Å². The van der Waals surface area contributed by atoms with E-state index in [2.05, 4.69) is 5.32 Å². The van der Waals surface area contributed by atoms with Gasteiger partial charge in [-0.15, -0.1) is 0 Å². The molecule has 254 valence electrons. The zero-order valence-corrected chi connectivity index (χ0v) is 29.9. The largest absolute Gasteiger partial charge is 0.494 e. The van der Waals surface area contributed by atoms with Gasteiger partial charge in [0, 0.05) is 29.1 Å². The molecule has 8 nitrogen and oxygen atoms in total. The van der Waals surface area contributed by atoms with E-state index in [1.165, 1.54) is 17.0 Å². The Bertz CT molecular complexity index is 1790. The van der Waals surface area contributed by atoms with Gasteiger partial charge in [-0.2, -0.15) is 0 Å². The van der Waals surface area contributed by atoms with Gasteiger partial charge in [0.05, 0.1) is 17.2 Å². The molecule has 0 heterocycles. The summed E-state index contributed by atoms with van der Waals surface area (Å²) in [6.07, 6.45) is 0.874. The fourth-order valence-corrected chi connectivity index (χ4v) is 6.95. The molecule has 0 saturated carbocycles. The lowest BCUT2D eigenvalue weighted by Gasteiger charge is -2.34. The van der Waals surface area contributed by atoms with E-state index in [1.807, 2.05) is 58.0 Å². The lowest BCUT2D eigenvalue weighted by atomic mass is 10.0. The van der Waals surface area contributed by atoms with E-state index in [4.69, 9.17) is 27.9 Å². The molecule has 0 aliphatic heterocycles. The number of hydrogen-bond donors (Lipinski definition) is 1. The minimum absolute atomic E-state index is 0.0121. The highest BCUT2D eigenvalue weighted by molar-refractivity contribution is 7.92. The SMILES string of the molecule is CCOc1ccc(S(=O)(=O)N(CC(=O)N(Cc2ccc(Cl)cc2Cl)[C@H](Cc2ccccc2)C(=O)N[C@H](C)CC)c2ccc(C)cc2)cc1. The van der Waals surface area contributed by atoms with Crippen molar-refractivity contribution in [1.29, 1.82) is 0 Å². The molecular formula is C37H41Cl2N3O5S. The molecule has 4 aromatic carbocycles. The molecule has 0 aromatic heterocycles. The third kappa shape index (κ3) is 9.52. The second kappa shape index (κ2) is 16.9. The Kier molecular flexibility index (Phi) is 12.9. The van der Waals surface area contributed by atoms with Crippen molar-refractivity contribution < 1.29 is 22.7 Å². The molecule has 0 bridgehead atoms. The molecule has 1 N–H and O–H groups in total. The summed E-state index contributed by atoms with van der Waals surface area (Å²) in [6.45, 7) is 7.37. The average Bonchev–Trinajstić information content (AvgIpc) is 3.07. The first kappa shape index (κ1) is 36.8. The van der Waals surface area contributed by atoms with Gasteiger partial charge in [-0.3, -0.25) is 13.9 Å². The van der Waals surface area contributed by atoms with Crippen LogP contribution in [-0.2, 0) is 32.6 Å². The third-order valence-electron chi connectivity index (χ3n) is 7.95. The number of aryl methyl sites for hydroxylation is 1. The van der Waals surface area contributed by atoms with Crippen LogP contribution in [0.1, 0.15) is 43.9 Å². The van der Waals surface area contributed by atoms with Gasteiger partial charge < -0.3 is 15.0 Å². The standard InChI is InChI=1S/C37H41Cl2N3O5S/c1-5-27(4)40-37(44)35(22-28-10-8-7-9-11-28)41(24-29-14-15-30(38)23-34(29)39)36(43)25-42(31-16-12-26(3)13-17-31)48(45,46)33-20-18-32(19-21-33)47-6-2/h7-21,23,27,35H,5-6,22,24-25H2,1-4H3,(H,40,44)/t27-,35-/m1/s1. The molecule has 11 heteroatoms. The minimum Gasteiger partial charge on any atom is -0.494 e. The highest BCUT2D eigenvalue weighted by atomic mass is 35.5. The summed E-state index contributed by atoms with van der Waals surface area (Å²) < 4.78 is 35.1. The summed E-state index contributed by atoms with van der Waals surface area (Å²) in [5.74, 6) is -0.421. The lowest BCUT2D eigenvalue weighted by Crippen LogP contribution is -2.54. The van der Waals surface area contributed by atoms with Gasteiger partial charge in [-0.25, -0.2) is 8.42 Å². The van der Waals surface area contributed by atoms with Gasteiger partial charge in [0.15, 0.2) is 0 Å². The normalized spacial score (nSPS) is 12.5. The van der Waals surface area contributed by atoms with E-state index >= 15 is 0 Å². The fourth-order valence-electron chi connectivity index (χ4n) is 5.07. The van der Waals surface area contributed by atoms with Crippen LogP contribution in [0.2, 0.25) is 10.0 Å². The number of carbonyl (C=O) groups is 2. The van der Waals surface area contributed by atoms with Gasteiger partial charge in [0.25, 0.3) is 10.0 Å². The topological polar surface area (TPSA) is 96.0 Å². The minimum atomic E-state index is -4.26. The zero-order valence-electron chi connectivity index (χ0n) is 27.5. The number of sulfonamides is 1. The van der Waals surface area contributed by atoms with Gasteiger partial charge in [0.2, 0.25) is 11.8 Å². The third-order valence-corrected chi connectivity index (χ3v) is 10.3. The molecule has 0 spiro atoms. The van der Waals surface area contributed by atoms with Crippen LogP contribution < -0.4 is 14.4 Å². The Labute approximate surface area is 293 Å². The second-order valence-corrected chi connectivity index (χ2v) is 14.2. The van der Waals surface area contributed by atoms with E-state index in [-0.39, 0.29) is 29.8 Å². The van der Waals surface area contributed by atoms with Gasteiger partial charge in [-0.05, 0) is 86.8 Å². The predicted molar refractivity (Wildman–Crippen MR) is 192 cm³/mol. The van der Waals surface area contributed by atoms with Gasteiger partial charge in [-0.1, -0.05) is 84.2 Å². The molecule has 0 saturated heterocycles. The molecule has 48 heavy (non-hydrogen) atoms. The Morgan fingerprint density at radius 3 is 2.17 bits per heavy atom. The van der Waals surface area contributed by atoms with Crippen LogP contribution in [0.25, 0.3) is 0 Å². The Morgan fingerprint density at radius 2 is 1.56 bits per heavy atom. The molecule has 2 atom stereocenters. The number of nitrogens with one attached hydrogen (secondary N) is 1. The van der Waals surface area contributed by atoms with Crippen molar-refractivity contribution in [3.63, 3.8) is 0 Å². The highest BCUT2D eigenvalue weighted by Crippen LogP contribution is 2.28. The molecule has 4 rings (SSSR count). The summed E-state index contributed by atoms with van der Waals surface area (Å²) in [5, 5.41) is 3.77. The van der Waals surface area contributed by atoms with Crippen LogP contribution >= 0.6 is 23.2 Å². The Morgan fingerprint density at radius 1 is 0.896 bits per heavy atom. The van der Waals surface area contributed by atoms with Crippen LogP contribution in [-0.4, -0.2) is 50.4 Å². The van der Waals surface area contributed by atoms with Crippen molar-refractivity contribution in [3.8, 4) is 5.75 Å². The van der Waals surface area contributed by atoms with Crippen LogP contribution in [0.3, 0.4) is 0 Å². The zero-order chi connectivity index (χ0) is 34.8. The molecule has 2 amide bonds. The van der Waals surface area contributed by atoms with E-state index in [1.54, 1.807) is 54.6 Å². The van der Waals surface area contributed by atoms with Crippen LogP contribution in [0.4, 0.5) is 5.69 Å². The van der Waals surface area contributed by atoms with Gasteiger partial charge >= 0.3 is 0 Å². The van der Waals surface area contributed by atoms with Gasteiger partial charge in [0.1, 0.15) is 18.3 Å². The van der Waals surface area contributed by atoms with Crippen molar-refractivity contribution in [2.75, 3.05) is 17.5 Å². The number of halogens is 2. The quantitative estimate of drug-likeness (QED) is 0.138. The van der Waals surface area contributed by atoms with E-state index in [9.17, 15) is 18.0 Å². The number of benzene rings is 4. The van der Waals surface area contributed by atoms with Crippen molar-refractivity contribution in [2.45, 2.75) is 64.1 Å². The lowest BCUT2D eigenvalue weighted by molar-refractivity contribution is -0.140. The number of ether oxygens (including phenoxy) is 1. The highest BCUT2D eigenvalue weighted by Gasteiger charge is 2.35. The molecule has 0 fully saturated rings. The molecule has 4 aromatic rings. The molecule has 0 aliphatic rings.